The van der Waals surface area contributed by atoms with Gasteiger partial charge in [0, 0.05) is 35.5 Å². The third-order valence-corrected chi connectivity index (χ3v) is 12.0. The number of allylic oxidation sites excluding steroid dienone is 5. The highest BCUT2D eigenvalue weighted by Crippen LogP contribution is 2.63. The number of Topliss-reactive ketones (excluding diaryl/α,β-unsaturated/α-hetero) is 1. The van der Waals surface area contributed by atoms with Gasteiger partial charge in [-0.3, -0.25) is 19.2 Å². The molecule has 3 N–H and O–H groups in total. The molecular weight excluding hydrogens is 686 g/mol. The van der Waals surface area contributed by atoms with Gasteiger partial charge in [-0.1, -0.05) is 72.3 Å². The fraction of sp³-hybridized carbons (Fsp3) is 0.205. The summed E-state index contributed by atoms with van der Waals surface area (Å²) in [5.41, 5.74) is 1.93. The van der Waals surface area contributed by atoms with E-state index in [9.17, 15) is 29.7 Å². The molecule has 1 saturated heterocycles. The molecule has 2 amide bonds. The number of ketones is 2. The molecule has 0 radical (unpaired) electrons. The Balaban J connectivity index is 1.23. The third-order valence-electron chi connectivity index (χ3n) is 12.0. The van der Waals surface area contributed by atoms with Crippen molar-refractivity contribution in [1.82, 2.24) is 0 Å². The number of benzene rings is 4. The Morgan fingerprint density at radius 2 is 1.57 bits per heavy atom. The maximum Gasteiger partial charge on any atom is 0.339 e. The largest absolute Gasteiger partial charge is 0.508 e. The lowest BCUT2D eigenvalue weighted by molar-refractivity contribution is -0.136. The smallest absolute Gasteiger partial charge is 0.339 e. The minimum Gasteiger partial charge on any atom is -0.508 e. The Bertz CT molecular complexity index is 2410. The number of amides is 2. The van der Waals surface area contributed by atoms with Crippen molar-refractivity contribution in [3.63, 3.8) is 0 Å². The highest BCUT2D eigenvalue weighted by Gasteiger charge is 2.66. The number of hydrogen-bond acceptors (Lipinski definition) is 8. The number of anilines is 1. The predicted molar refractivity (Wildman–Crippen MR) is 195 cm³/mol. The summed E-state index contributed by atoms with van der Waals surface area (Å²) in [5.74, 6) is -6.87. The van der Waals surface area contributed by atoms with Crippen LogP contribution in [0.5, 0.6) is 17.2 Å². The molecule has 2 aliphatic heterocycles. The first kappa shape index (κ1) is 33.3. The lowest BCUT2D eigenvalue weighted by atomic mass is 9.44. The Labute approximate surface area is 309 Å². The molecule has 9 rings (SSSR count). The zero-order valence-corrected chi connectivity index (χ0v) is 28.7. The SMILES string of the molecule is O=C(O)c1ccc(N2C(=O)C3CC=C4C(CC5C(=O)C(c6ccccc6)=CC(=O)C5(c5ccccc5)C4C4=COc5ccc(O)cc5C4)C3C2=O)cc1O. The molecule has 268 valence electrons. The van der Waals surface area contributed by atoms with E-state index in [1.807, 2.05) is 42.5 Å². The van der Waals surface area contributed by atoms with Crippen LogP contribution in [0.25, 0.3) is 5.57 Å². The molecule has 1 saturated carbocycles. The molecule has 2 heterocycles. The van der Waals surface area contributed by atoms with E-state index in [2.05, 4.69) is 0 Å². The molecule has 4 aromatic rings. The van der Waals surface area contributed by atoms with Crippen molar-refractivity contribution in [1.29, 1.82) is 0 Å². The van der Waals surface area contributed by atoms with Gasteiger partial charge in [-0.05, 0) is 71.9 Å². The van der Waals surface area contributed by atoms with Gasteiger partial charge < -0.3 is 20.1 Å². The van der Waals surface area contributed by atoms with Gasteiger partial charge in [0.15, 0.2) is 11.6 Å². The molecule has 4 aromatic carbocycles. The number of phenols is 2. The summed E-state index contributed by atoms with van der Waals surface area (Å²) in [6, 6.07) is 26.7. The van der Waals surface area contributed by atoms with Gasteiger partial charge in [0.2, 0.25) is 11.8 Å². The van der Waals surface area contributed by atoms with Crippen molar-refractivity contribution in [2.45, 2.75) is 24.7 Å². The van der Waals surface area contributed by atoms with Crippen LogP contribution in [0.2, 0.25) is 0 Å². The number of ether oxygens (including phenoxy) is 1. The van der Waals surface area contributed by atoms with E-state index in [0.717, 1.165) is 22.6 Å². The first-order chi connectivity index (χ1) is 26.1. The summed E-state index contributed by atoms with van der Waals surface area (Å²) in [5, 5.41) is 30.4. The van der Waals surface area contributed by atoms with Crippen LogP contribution < -0.4 is 9.64 Å². The van der Waals surface area contributed by atoms with Crippen LogP contribution >= 0.6 is 0 Å². The molecule has 10 heteroatoms. The molecular formula is C44H33NO9. The van der Waals surface area contributed by atoms with E-state index in [1.54, 1.807) is 42.7 Å². The van der Waals surface area contributed by atoms with Crippen molar-refractivity contribution in [2.75, 3.05) is 4.90 Å². The average molecular weight is 720 g/mol. The van der Waals surface area contributed by atoms with Crippen molar-refractivity contribution < 1.29 is 44.0 Å². The molecule has 6 unspecified atom stereocenters. The van der Waals surface area contributed by atoms with Crippen LogP contribution in [0.4, 0.5) is 5.69 Å². The molecule has 3 aliphatic carbocycles. The van der Waals surface area contributed by atoms with Gasteiger partial charge in [-0.25, -0.2) is 9.69 Å². The van der Waals surface area contributed by atoms with Crippen molar-refractivity contribution in [3.05, 3.63) is 149 Å². The molecule has 2 fully saturated rings. The Morgan fingerprint density at radius 1 is 0.833 bits per heavy atom. The van der Waals surface area contributed by atoms with Gasteiger partial charge in [-0.2, -0.15) is 0 Å². The molecule has 0 spiro atoms. The zero-order chi connectivity index (χ0) is 37.5. The van der Waals surface area contributed by atoms with Gasteiger partial charge in [0.05, 0.1) is 29.2 Å². The number of nitrogens with zero attached hydrogens (tertiary/aromatic N) is 1. The summed E-state index contributed by atoms with van der Waals surface area (Å²) >= 11 is 0. The number of aromatic carboxylic acids is 1. The van der Waals surface area contributed by atoms with E-state index < -0.39 is 58.5 Å². The fourth-order valence-corrected chi connectivity index (χ4v) is 9.78. The maximum atomic E-state index is 15.2. The topological polar surface area (TPSA) is 159 Å². The van der Waals surface area contributed by atoms with E-state index in [4.69, 9.17) is 4.74 Å². The van der Waals surface area contributed by atoms with Crippen LogP contribution in [0.3, 0.4) is 0 Å². The number of imide groups is 1. The summed E-state index contributed by atoms with van der Waals surface area (Å²) in [7, 11) is 0. The quantitative estimate of drug-likeness (QED) is 0.162. The summed E-state index contributed by atoms with van der Waals surface area (Å²) < 4.78 is 6.17. The fourth-order valence-electron chi connectivity index (χ4n) is 9.78. The molecule has 54 heavy (non-hydrogen) atoms. The van der Waals surface area contributed by atoms with Crippen LogP contribution in [-0.2, 0) is 31.0 Å². The minimum atomic E-state index is -1.43. The third kappa shape index (κ3) is 4.75. The highest BCUT2D eigenvalue weighted by molar-refractivity contribution is 6.31. The van der Waals surface area contributed by atoms with Gasteiger partial charge in [0.1, 0.15) is 22.8 Å². The number of rotatable bonds is 5. The average Bonchev–Trinajstić information content (AvgIpc) is 3.44. The number of carboxylic acid groups (broad SMARTS) is 1. The van der Waals surface area contributed by atoms with E-state index in [1.165, 1.54) is 18.2 Å². The Kier molecular flexibility index (Phi) is 7.56. The van der Waals surface area contributed by atoms with Gasteiger partial charge in [-0.15, -0.1) is 0 Å². The highest BCUT2D eigenvalue weighted by atomic mass is 16.5. The van der Waals surface area contributed by atoms with Crippen molar-refractivity contribution in [2.24, 2.45) is 29.6 Å². The number of aromatic hydroxyl groups is 2. The second kappa shape index (κ2) is 12.3. The number of hydrogen-bond donors (Lipinski definition) is 3. The van der Waals surface area contributed by atoms with E-state index in [0.29, 0.717) is 34.4 Å². The van der Waals surface area contributed by atoms with Crippen molar-refractivity contribution in [3.8, 4) is 17.2 Å². The molecule has 0 aromatic heterocycles. The summed E-state index contributed by atoms with van der Waals surface area (Å²) in [6.07, 6.45) is 5.61. The van der Waals surface area contributed by atoms with Gasteiger partial charge in [0.25, 0.3) is 0 Å². The van der Waals surface area contributed by atoms with Crippen LogP contribution in [0.15, 0.2) is 127 Å². The minimum absolute atomic E-state index is 0.0485. The maximum absolute atomic E-state index is 15.2. The number of carboxylic acids is 1. The van der Waals surface area contributed by atoms with Crippen LogP contribution in [0, 0.1) is 29.6 Å². The summed E-state index contributed by atoms with van der Waals surface area (Å²) in [6.45, 7) is 0. The number of carbonyl (C=O) groups is 5. The van der Waals surface area contributed by atoms with Crippen molar-refractivity contribution >= 4 is 40.6 Å². The van der Waals surface area contributed by atoms with E-state index in [-0.39, 0.29) is 47.0 Å². The zero-order valence-electron chi connectivity index (χ0n) is 28.7. The first-order valence-electron chi connectivity index (χ1n) is 17.8. The molecule has 5 aliphatic rings. The van der Waals surface area contributed by atoms with Gasteiger partial charge >= 0.3 is 5.97 Å². The number of fused-ring (bicyclic) bond motifs is 5. The monoisotopic (exact) mass is 719 g/mol. The number of phenolic OH excluding ortho intramolecular Hbond substituents is 1. The first-order valence-corrected chi connectivity index (χ1v) is 17.8. The lowest BCUT2D eigenvalue weighted by Crippen LogP contribution is -2.60. The lowest BCUT2D eigenvalue weighted by Gasteiger charge is -2.56. The Hall–Kier alpha value is -6.55. The van der Waals surface area contributed by atoms with E-state index >= 15 is 9.59 Å². The molecule has 6 atom stereocenters. The van der Waals surface area contributed by atoms with Crippen LogP contribution in [-0.4, -0.2) is 44.7 Å². The number of carbonyl (C=O) groups excluding carboxylic acids is 4. The summed E-state index contributed by atoms with van der Waals surface area (Å²) in [4.78, 5) is 71.7. The van der Waals surface area contributed by atoms with Crippen LogP contribution in [0.1, 0.15) is 39.9 Å². The predicted octanol–water partition coefficient (Wildman–Crippen LogP) is 6.18. The standard InChI is InChI=1S/C44H33NO9/c46-28-12-16-36-24(18-28)17-25(22-54-36)39-29-14-15-31-38(42(51)45(41(31)50)27-11-13-30(43(52)53)35(47)19-27)33(29)20-34-40(49)32(23-7-3-1-4-8-23)21-37(48)44(34,39)26-9-5-2-6-10-26/h1-14,16,18-19,21-22,31,33-34,38-39,46-47H,15,17,20H2,(H,52,53). The molecule has 0 bridgehead atoms. The Morgan fingerprint density at radius 3 is 2.30 bits per heavy atom. The second-order valence-corrected chi connectivity index (χ2v) is 14.6. The second-order valence-electron chi connectivity index (χ2n) is 14.6. The molecule has 10 nitrogen and oxygen atoms in total. The normalized spacial score (nSPS) is 27.1.